The van der Waals surface area contributed by atoms with Gasteiger partial charge in [0.15, 0.2) is 0 Å². The molecule has 0 aromatic heterocycles. The Kier molecular flexibility index (Phi) is 3.75. The van der Waals surface area contributed by atoms with Crippen LogP contribution in [0.15, 0.2) is 0 Å². The number of aliphatic hydroxyl groups excluding tert-OH is 1. The first-order chi connectivity index (χ1) is 6.62. The fourth-order valence-electron chi connectivity index (χ4n) is 1.90. The second kappa shape index (κ2) is 4.64. The first-order valence-electron chi connectivity index (χ1n) is 5.09. The lowest BCUT2D eigenvalue weighted by Crippen LogP contribution is -2.53. The predicted octanol–water partition coefficient (Wildman–Crippen LogP) is 1.28. The van der Waals surface area contributed by atoms with Gasteiger partial charge in [-0.3, -0.25) is 0 Å². The van der Waals surface area contributed by atoms with Crippen molar-refractivity contribution in [2.24, 2.45) is 5.92 Å². The first kappa shape index (κ1) is 11.3. The summed E-state index contributed by atoms with van der Waals surface area (Å²) in [5.74, 6) is 0.689. The van der Waals surface area contributed by atoms with Crippen LogP contribution in [0.5, 0.6) is 0 Å². The van der Waals surface area contributed by atoms with Crippen molar-refractivity contribution in [1.29, 1.82) is 0 Å². The highest BCUT2D eigenvalue weighted by Gasteiger charge is 2.35. The van der Waals surface area contributed by atoms with Crippen molar-refractivity contribution >= 4 is 6.09 Å². The average molecular weight is 201 g/mol. The van der Waals surface area contributed by atoms with Crippen LogP contribution < -0.4 is 5.32 Å². The molecule has 0 radical (unpaired) electrons. The number of ether oxygens (including phenoxy) is 1. The summed E-state index contributed by atoms with van der Waals surface area (Å²) in [4.78, 5) is 11.1. The highest BCUT2D eigenvalue weighted by Crippen LogP contribution is 2.31. The molecule has 1 saturated carbocycles. The van der Waals surface area contributed by atoms with E-state index in [9.17, 15) is 9.90 Å². The quantitative estimate of drug-likeness (QED) is 0.707. The Bertz CT molecular complexity index is 198. The van der Waals surface area contributed by atoms with Gasteiger partial charge in [-0.1, -0.05) is 6.92 Å². The number of methoxy groups -OCH3 is 1. The molecular formula is C10H19NO3. The lowest BCUT2D eigenvalue weighted by molar-refractivity contribution is 0.0919. The molecule has 1 fully saturated rings. The van der Waals surface area contributed by atoms with E-state index in [0.29, 0.717) is 5.92 Å². The fraction of sp³-hybridized carbons (Fsp3) is 0.900. The van der Waals surface area contributed by atoms with E-state index >= 15 is 0 Å². The number of nitrogens with one attached hydrogen (secondary N) is 1. The molecule has 0 bridgehead atoms. The number of carbonyl (C=O) groups is 1. The van der Waals surface area contributed by atoms with Gasteiger partial charge in [-0.05, 0) is 31.6 Å². The van der Waals surface area contributed by atoms with Crippen molar-refractivity contribution in [2.45, 2.75) is 38.1 Å². The molecule has 4 heteroatoms. The summed E-state index contributed by atoms with van der Waals surface area (Å²) in [6, 6.07) is 0. The topological polar surface area (TPSA) is 58.6 Å². The summed E-state index contributed by atoms with van der Waals surface area (Å²) in [5, 5.41) is 12.0. The second-order valence-electron chi connectivity index (χ2n) is 4.24. The fourth-order valence-corrected chi connectivity index (χ4v) is 1.90. The monoisotopic (exact) mass is 201 g/mol. The van der Waals surface area contributed by atoms with Crippen LogP contribution in [0.3, 0.4) is 0 Å². The van der Waals surface area contributed by atoms with E-state index in [2.05, 4.69) is 17.0 Å². The van der Waals surface area contributed by atoms with Crippen LogP contribution in [0.2, 0.25) is 0 Å². The number of alkyl carbamates (subject to hydrolysis) is 1. The van der Waals surface area contributed by atoms with Crippen molar-refractivity contribution in [2.75, 3.05) is 13.7 Å². The van der Waals surface area contributed by atoms with Gasteiger partial charge in [0, 0.05) is 0 Å². The summed E-state index contributed by atoms with van der Waals surface area (Å²) >= 11 is 0. The van der Waals surface area contributed by atoms with E-state index in [4.69, 9.17) is 0 Å². The predicted molar refractivity (Wildman–Crippen MR) is 53.0 cm³/mol. The van der Waals surface area contributed by atoms with Crippen molar-refractivity contribution in [3.8, 4) is 0 Å². The van der Waals surface area contributed by atoms with E-state index in [1.54, 1.807) is 0 Å². The van der Waals surface area contributed by atoms with Crippen molar-refractivity contribution < 1.29 is 14.6 Å². The van der Waals surface area contributed by atoms with Gasteiger partial charge in [0.2, 0.25) is 0 Å². The van der Waals surface area contributed by atoms with Crippen LogP contribution in [0.25, 0.3) is 0 Å². The summed E-state index contributed by atoms with van der Waals surface area (Å²) in [5.41, 5.74) is -0.445. The standard InChI is InChI=1S/C10H19NO3/c1-8-3-5-10(7-12,6-4-8)11-9(13)14-2/h8,12H,3-7H2,1-2H3,(H,11,13). The molecular weight excluding hydrogens is 182 g/mol. The minimum absolute atomic E-state index is 0.00514. The molecule has 0 aromatic rings. The third-order valence-corrected chi connectivity index (χ3v) is 3.09. The van der Waals surface area contributed by atoms with E-state index in [-0.39, 0.29) is 6.61 Å². The molecule has 0 heterocycles. The summed E-state index contributed by atoms with van der Waals surface area (Å²) < 4.78 is 4.55. The maximum Gasteiger partial charge on any atom is 0.407 e. The lowest BCUT2D eigenvalue weighted by atomic mass is 9.78. The molecule has 0 saturated heterocycles. The van der Waals surface area contributed by atoms with E-state index in [0.717, 1.165) is 25.7 Å². The molecule has 0 aromatic carbocycles. The zero-order valence-electron chi connectivity index (χ0n) is 8.88. The smallest absolute Gasteiger partial charge is 0.407 e. The van der Waals surface area contributed by atoms with E-state index in [1.807, 2.05) is 0 Å². The summed E-state index contributed by atoms with van der Waals surface area (Å²) in [6.45, 7) is 2.19. The Balaban J connectivity index is 2.54. The maximum atomic E-state index is 11.1. The van der Waals surface area contributed by atoms with E-state index in [1.165, 1.54) is 7.11 Å². The van der Waals surface area contributed by atoms with Crippen LogP contribution in [-0.2, 0) is 4.74 Å². The molecule has 1 aliphatic carbocycles. The van der Waals surface area contributed by atoms with Crippen LogP contribution >= 0.6 is 0 Å². The van der Waals surface area contributed by atoms with Gasteiger partial charge >= 0.3 is 6.09 Å². The number of rotatable bonds is 2. The molecule has 4 nitrogen and oxygen atoms in total. The van der Waals surface area contributed by atoms with Gasteiger partial charge in [0.25, 0.3) is 0 Å². The van der Waals surface area contributed by atoms with Crippen molar-refractivity contribution in [3.63, 3.8) is 0 Å². The highest BCUT2D eigenvalue weighted by atomic mass is 16.5. The van der Waals surface area contributed by atoms with Crippen molar-refractivity contribution in [1.82, 2.24) is 5.32 Å². The third-order valence-electron chi connectivity index (χ3n) is 3.09. The van der Waals surface area contributed by atoms with Crippen molar-refractivity contribution in [3.05, 3.63) is 0 Å². The van der Waals surface area contributed by atoms with Gasteiger partial charge in [0.05, 0.1) is 19.3 Å². The maximum absolute atomic E-state index is 11.1. The molecule has 1 aliphatic rings. The van der Waals surface area contributed by atoms with Gasteiger partial charge < -0.3 is 15.2 Å². The molecule has 2 N–H and O–H groups in total. The Morgan fingerprint density at radius 3 is 2.57 bits per heavy atom. The normalized spacial score (nSPS) is 32.4. The molecule has 0 unspecified atom stereocenters. The molecule has 0 aliphatic heterocycles. The van der Waals surface area contributed by atoms with E-state index < -0.39 is 11.6 Å². The SMILES string of the molecule is COC(=O)NC1(CO)CCC(C)CC1. The molecule has 14 heavy (non-hydrogen) atoms. The zero-order valence-corrected chi connectivity index (χ0v) is 8.88. The van der Waals surface area contributed by atoms with Gasteiger partial charge in [-0.25, -0.2) is 4.79 Å². The first-order valence-corrected chi connectivity index (χ1v) is 5.09. The lowest BCUT2D eigenvalue weighted by Gasteiger charge is -2.38. The highest BCUT2D eigenvalue weighted by molar-refractivity contribution is 5.68. The number of aliphatic hydroxyl groups is 1. The second-order valence-corrected chi connectivity index (χ2v) is 4.24. The largest absolute Gasteiger partial charge is 0.453 e. The number of hydrogen-bond acceptors (Lipinski definition) is 3. The average Bonchev–Trinajstić information content (AvgIpc) is 2.22. The third kappa shape index (κ3) is 2.61. The Morgan fingerprint density at radius 1 is 1.57 bits per heavy atom. The van der Waals surface area contributed by atoms with Gasteiger partial charge in [-0.2, -0.15) is 0 Å². The molecule has 82 valence electrons. The summed E-state index contributed by atoms with van der Waals surface area (Å²) in [6.07, 6.45) is 3.31. The Morgan fingerprint density at radius 2 is 2.14 bits per heavy atom. The Labute approximate surface area is 84.6 Å². The van der Waals surface area contributed by atoms with Crippen LogP contribution in [0, 0.1) is 5.92 Å². The molecule has 1 amide bonds. The molecule has 0 atom stereocenters. The van der Waals surface area contributed by atoms with Crippen LogP contribution in [-0.4, -0.2) is 30.5 Å². The van der Waals surface area contributed by atoms with Crippen LogP contribution in [0.4, 0.5) is 4.79 Å². The molecule has 1 rings (SSSR count). The van der Waals surface area contributed by atoms with Gasteiger partial charge in [-0.15, -0.1) is 0 Å². The Hall–Kier alpha value is -0.770. The van der Waals surface area contributed by atoms with Crippen LogP contribution in [0.1, 0.15) is 32.6 Å². The molecule has 0 spiro atoms. The number of carbonyl (C=O) groups excluding carboxylic acids is 1. The zero-order chi connectivity index (χ0) is 10.6. The summed E-state index contributed by atoms with van der Waals surface area (Å²) in [7, 11) is 1.34. The van der Waals surface area contributed by atoms with Gasteiger partial charge in [0.1, 0.15) is 0 Å². The minimum atomic E-state index is -0.450. The number of hydrogen-bond donors (Lipinski definition) is 2. The minimum Gasteiger partial charge on any atom is -0.453 e. The number of amides is 1.